The average Bonchev–Trinajstić information content (AvgIpc) is 3.09. The van der Waals surface area contributed by atoms with Crippen LogP contribution in [0.2, 0.25) is 0 Å². The van der Waals surface area contributed by atoms with Crippen molar-refractivity contribution in [2.75, 3.05) is 39.3 Å². The molecule has 0 radical (unpaired) electrons. The van der Waals surface area contributed by atoms with E-state index in [0.29, 0.717) is 29.7 Å². The molecular weight excluding hydrogens is 292 g/mol. The second kappa shape index (κ2) is 6.29. The number of nitrogens with zero attached hydrogens (tertiary/aromatic N) is 2. The van der Waals surface area contributed by atoms with Crippen LogP contribution in [0.5, 0.6) is 0 Å². The predicted octanol–water partition coefficient (Wildman–Crippen LogP) is 2.00. The van der Waals surface area contributed by atoms with Crippen molar-refractivity contribution >= 4 is 5.91 Å². The molecule has 5 nitrogen and oxygen atoms in total. The SMILES string of the molecule is Cc1occc1C(=O)N1C[C@@H]2CN(CC(C)C)CC[C@]2(CO)C1. The highest BCUT2D eigenvalue weighted by Gasteiger charge is 2.50. The number of aliphatic hydroxyl groups is 1. The van der Waals surface area contributed by atoms with E-state index in [9.17, 15) is 9.90 Å². The van der Waals surface area contributed by atoms with Crippen molar-refractivity contribution in [1.82, 2.24) is 9.80 Å². The third kappa shape index (κ3) is 3.04. The number of amides is 1. The number of piperidine rings is 1. The van der Waals surface area contributed by atoms with Crippen LogP contribution in [0, 0.1) is 24.2 Å². The Bertz CT molecular complexity index is 568. The fraction of sp³-hybridized carbons (Fsp3) is 0.722. The van der Waals surface area contributed by atoms with E-state index >= 15 is 0 Å². The van der Waals surface area contributed by atoms with Crippen LogP contribution in [-0.4, -0.2) is 60.1 Å². The summed E-state index contributed by atoms with van der Waals surface area (Å²) in [5, 5.41) is 10.0. The van der Waals surface area contributed by atoms with Crippen LogP contribution in [0.15, 0.2) is 16.7 Å². The minimum absolute atomic E-state index is 0.0360. The number of furan rings is 1. The lowest BCUT2D eigenvalue weighted by molar-refractivity contribution is 0.0153. The zero-order valence-corrected chi connectivity index (χ0v) is 14.4. The summed E-state index contributed by atoms with van der Waals surface area (Å²) in [7, 11) is 0. The number of likely N-dealkylation sites (tertiary alicyclic amines) is 2. The van der Waals surface area contributed by atoms with Crippen LogP contribution in [0.25, 0.3) is 0 Å². The summed E-state index contributed by atoms with van der Waals surface area (Å²) in [6.45, 7) is 10.9. The maximum absolute atomic E-state index is 12.8. The molecule has 0 saturated carbocycles. The minimum atomic E-state index is -0.124. The first kappa shape index (κ1) is 16.5. The van der Waals surface area contributed by atoms with Crippen LogP contribution in [0.1, 0.15) is 36.4 Å². The molecule has 2 aliphatic rings. The summed E-state index contributed by atoms with van der Waals surface area (Å²) in [5.41, 5.74) is 0.525. The summed E-state index contributed by atoms with van der Waals surface area (Å²) in [6.07, 6.45) is 2.53. The Kier molecular flexibility index (Phi) is 4.52. The van der Waals surface area contributed by atoms with Gasteiger partial charge in [0.25, 0.3) is 5.91 Å². The standard InChI is InChI=1S/C18H28N2O3/c1-13(2)8-19-6-5-18(12-21)11-20(10-15(18)9-19)17(22)16-4-7-23-14(16)3/h4,7,13,15,21H,5-6,8-12H2,1-3H3/t15-,18+/m0/s1. The van der Waals surface area contributed by atoms with Crippen LogP contribution >= 0.6 is 0 Å². The number of carbonyl (C=O) groups is 1. The highest BCUT2D eigenvalue weighted by atomic mass is 16.3. The topological polar surface area (TPSA) is 56.9 Å². The minimum Gasteiger partial charge on any atom is -0.469 e. The van der Waals surface area contributed by atoms with Gasteiger partial charge in [0, 0.05) is 31.6 Å². The van der Waals surface area contributed by atoms with Crippen molar-refractivity contribution in [1.29, 1.82) is 0 Å². The lowest BCUT2D eigenvalue weighted by Crippen LogP contribution is -2.49. The molecular formula is C18H28N2O3. The van der Waals surface area contributed by atoms with E-state index in [-0.39, 0.29) is 17.9 Å². The molecule has 1 N–H and O–H groups in total. The highest BCUT2D eigenvalue weighted by molar-refractivity contribution is 5.95. The van der Waals surface area contributed by atoms with Crippen molar-refractivity contribution in [3.05, 3.63) is 23.7 Å². The molecule has 2 saturated heterocycles. The zero-order chi connectivity index (χ0) is 16.6. The molecule has 0 aliphatic carbocycles. The summed E-state index contributed by atoms with van der Waals surface area (Å²) in [5.74, 6) is 1.71. The van der Waals surface area contributed by atoms with Crippen molar-refractivity contribution < 1.29 is 14.3 Å². The van der Waals surface area contributed by atoms with E-state index in [0.717, 1.165) is 32.6 Å². The molecule has 128 valence electrons. The largest absolute Gasteiger partial charge is 0.469 e. The highest BCUT2D eigenvalue weighted by Crippen LogP contribution is 2.43. The maximum atomic E-state index is 12.8. The molecule has 5 heteroatoms. The first-order valence-electron chi connectivity index (χ1n) is 8.62. The Hall–Kier alpha value is -1.33. The molecule has 1 aromatic heterocycles. The Labute approximate surface area is 138 Å². The van der Waals surface area contributed by atoms with Gasteiger partial charge in [-0.2, -0.15) is 0 Å². The average molecular weight is 320 g/mol. The van der Waals surface area contributed by atoms with Gasteiger partial charge in [-0.15, -0.1) is 0 Å². The smallest absolute Gasteiger partial charge is 0.257 e. The summed E-state index contributed by atoms with van der Waals surface area (Å²) in [6, 6.07) is 1.75. The number of aryl methyl sites for hydroxylation is 1. The van der Waals surface area contributed by atoms with Gasteiger partial charge in [-0.05, 0) is 37.8 Å². The van der Waals surface area contributed by atoms with Crippen molar-refractivity contribution in [3.8, 4) is 0 Å². The van der Waals surface area contributed by atoms with E-state index in [1.165, 1.54) is 0 Å². The van der Waals surface area contributed by atoms with Crippen LogP contribution in [0.3, 0.4) is 0 Å². The van der Waals surface area contributed by atoms with E-state index in [2.05, 4.69) is 18.7 Å². The van der Waals surface area contributed by atoms with Gasteiger partial charge >= 0.3 is 0 Å². The third-order valence-corrected chi connectivity index (χ3v) is 5.53. The van der Waals surface area contributed by atoms with Gasteiger partial charge in [0.1, 0.15) is 5.76 Å². The van der Waals surface area contributed by atoms with Crippen molar-refractivity contribution in [2.45, 2.75) is 27.2 Å². The van der Waals surface area contributed by atoms with Gasteiger partial charge in [0.2, 0.25) is 0 Å². The van der Waals surface area contributed by atoms with E-state index < -0.39 is 0 Å². The van der Waals surface area contributed by atoms with Crippen molar-refractivity contribution in [2.24, 2.45) is 17.3 Å². The first-order chi connectivity index (χ1) is 10.9. The Balaban J connectivity index is 1.74. The Morgan fingerprint density at radius 3 is 2.87 bits per heavy atom. The van der Waals surface area contributed by atoms with Crippen molar-refractivity contribution in [3.63, 3.8) is 0 Å². The first-order valence-corrected chi connectivity index (χ1v) is 8.62. The molecule has 2 aliphatic heterocycles. The van der Waals surface area contributed by atoms with Gasteiger partial charge in [-0.3, -0.25) is 4.79 Å². The number of fused-ring (bicyclic) bond motifs is 1. The third-order valence-electron chi connectivity index (χ3n) is 5.53. The van der Waals surface area contributed by atoms with Crippen LogP contribution < -0.4 is 0 Å². The van der Waals surface area contributed by atoms with Gasteiger partial charge in [0.05, 0.1) is 18.4 Å². The Morgan fingerprint density at radius 1 is 1.48 bits per heavy atom. The van der Waals surface area contributed by atoms with Gasteiger partial charge in [0.15, 0.2) is 0 Å². The molecule has 0 unspecified atom stereocenters. The van der Waals surface area contributed by atoms with E-state index in [4.69, 9.17) is 4.42 Å². The second-order valence-electron chi connectivity index (χ2n) is 7.70. The molecule has 1 amide bonds. The zero-order valence-electron chi connectivity index (χ0n) is 14.4. The fourth-order valence-electron chi connectivity index (χ4n) is 4.22. The number of hydrogen-bond donors (Lipinski definition) is 1. The lowest BCUT2D eigenvalue weighted by atomic mass is 9.73. The number of carbonyl (C=O) groups excluding carboxylic acids is 1. The number of hydrogen-bond acceptors (Lipinski definition) is 4. The Morgan fingerprint density at radius 2 is 2.26 bits per heavy atom. The molecule has 0 aromatic carbocycles. The molecule has 0 spiro atoms. The molecule has 3 heterocycles. The fourth-order valence-corrected chi connectivity index (χ4v) is 4.22. The quantitative estimate of drug-likeness (QED) is 0.922. The van der Waals surface area contributed by atoms with E-state index in [1.807, 2.05) is 11.8 Å². The molecule has 2 atom stereocenters. The van der Waals surface area contributed by atoms with Crippen LogP contribution in [0.4, 0.5) is 0 Å². The van der Waals surface area contributed by atoms with Gasteiger partial charge in [-0.25, -0.2) is 0 Å². The molecule has 2 fully saturated rings. The second-order valence-corrected chi connectivity index (χ2v) is 7.70. The molecule has 1 aromatic rings. The van der Waals surface area contributed by atoms with Crippen LogP contribution in [-0.2, 0) is 0 Å². The maximum Gasteiger partial charge on any atom is 0.257 e. The number of aliphatic hydroxyl groups excluding tert-OH is 1. The molecule has 3 rings (SSSR count). The lowest BCUT2D eigenvalue weighted by Gasteiger charge is -2.42. The normalized spacial score (nSPS) is 28.4. The van der Waals surface area contributed by atoms with Gasteiger partial charge < -0.3 is 19.3 Å². The van der Waals surface area contributed by atoms with E-state index in [1.54, 1.807) is 12.3 Å². The van der Waals surface area contributed by atoms with Gasteiger partial charge in [-0.1, -0.05) is 13.8 Å². The monoisotopic (exact) mass is 320 g/mol. The number of rotatable bonds is 4. The summed E-state index contributed by atoms with van der Waals surface area (Å²) < 4.78 is 5.27. The molecule has 0 bridgehead atoms. The summed E-state index contributed by atoms with van der Waals surface area (Å²) in [4.78, 5) is 17.2. The predicted molar refractivity (Wildman–Crippen MR) is 88.3 cm³/mol. The molecule has 23 heavy (non-hydrogen) atoms. The summed E-state index contributed by atoms with van der Waals surface area (Å²) >= 11 is 0.